The summed E-state index contributed by atoms with van der Waals surface area (Å²) in [5.74, 6) is 0. The highest BCUT2D eigenvalue weighted by molar-refractivity contribution is 5.72. The van der Waals surface area contributed by atoms with Crippen molar-refractivity contribution in [2.24, 2.45) is 0 Å². The van der Waals surface area contributed by atoms with Crippen LogP contribution in [0.1, 0.15) is 5.56 Å². The monoisotopic (exact) mass is 137 g/mol. The fourth-order valence-electron chi connectivity index (χ4n) is 0.665. The standard InChI is InChI=1S/C8H6FO/c9-8(6-10)7-4-2-1-3-5-7/h1-6H. The number of carbonyl (C=O) groups excluding carboxylic acids is 1. The number of rotatable bonds is 2. The molecule has 0 saturated carbocycles. The molecule has 0 N–H and O–H groups in total. The minimum absolute atomic E-state index is 0.204. The van der Waals surface area contributed by atoms with Gasteiger partial charge in [0.1, 0.15) is 0 Å². The van der Waals surface area contributed by atoms with Crippen LogP contribution < -0.4 is 0 Å². The number of hydrogen-bond acceptors (Lipinski definition) is 1. The maximum absolute atomic E-state index is 12.4. The zero-order chi connectivity index (χ0) is 7.40. The van der Waals surface area contributed by atoms with Crippen molar-refractivity contribution < 1.29 is 9.18 Å². The van der Waals surface area contributed by atoms with Crippen molar-refractivity contribution in [3.8, 4) is 0 Å². The Hall–Kier alpha value is -1.18. The molecule has 1 nitrogen and oxygen atoms in total. The molecule has 10 heavy (non-hydrogen) atoms. The Bertz CT molecular complexity index is 208. The Morgan fingerprint density at radius 2 is 1.90 bits per heavy atom. The molecule has 0 aliphatic carbocycles. The summed E-state index contributed by atoms with van der Waals surface area (Å²) >= 11 is 0. The number of carbonyl (C=O) groups is 1. The molecule has 0 spiro atoms. The number of halogens is 1. The van der Waals surface area contributed by atoms with E-state index < -0.39 is 6.17 Å². The Balaban J connectivity index is 2.84. The van der Waals surface area contributed by atoms with Gasteiger partial charge in [0.2, 0.25) is 6.17 Å². The second-order valence-corrected chi connectivity index (χ2v) is 1.83. The summed E-state index contributed by atoms with van der Waals surface area (Å²) in [4.78, 5) is 9.89. The van der Waals surface area contributed by atoms with Gasteiger partial charge in [-0.05, 0) is 0 Å². The summed E-state index contributed by atoms with van der Waals surface area (Å²) in [5, 5.41) is 0. The first-order chi connectivity index (χ1) is 4.84. The van der Waals surface area contributed by atoms with Crippen molar-refractivity contribution in [1.82, 2.24) is 0 Å². The maximum Gasteiger partial charge on any atom is 0.235 e. The van der Waals surface area contributed by atoms with Crippen LogP contribution in [0.2, 0.25) is 0 Å². The van der Waals surface area contributed by atoms with Crippen molar-refractivity contribution in [1.29, 1.82) is 0 Å². The molecule has 0 bridgehead atoms. The SMILES string of the molecule is O=C[C](F)c1ccccc1. The van der Waals surface area contributed by atoms with Gasteiger partial charge in [0.25, 0.3) is 0 Å². The molecule has 0 atom stereocenters. The fourth-order valence-corrected chi connectivity index (χ4v) is 0.665. The molecule has 1 radical (unpaired) electrons. The predicted octanol–water partition coefficient (Wildman–Crippen LogP) is 1.74. The average molecular weight is 137 g/mol. The summed E-state index contributed by atoms with van der Waals surface area (Å²) in [6.45, 7) is 0. The lowest BCUT2D eigenvalue weighted by molar-refractivity contribution is -0.107. The third kappa shape index (κ3) is 1.41. The summed E-state index contributed by atoms with van der Waals surface area (Å²) < 4.78 is 12.4. The molecule has 0 unspecified atom stereocenters. The van der Waals surface area contributed by atoms with E-state index in [2.05, 4.69) is 0 Å². The van der Waals surface area contributed by atoms with Gasteiger partial charge in [-0.2, -0.15) is 0 Å². The highest BCUT2D eigenvalue weighted by Crippen LogP contribution is 2.11. The Morgan fingerprint density at radius 1 is 1.30 bits per heavy atom. The van der Waals surface area contributed by atoms with Crippen LogP contribution in [0.15, 0.2) is 30.3 Å². The van der Waals surface area contributed by atoms with Gasteiger partial charge in [-0.25, -0.2) is 4.39 Å². The first-order valence-electron chi connectivity index (χ1n) is 2.87. The number of aldehydes is 1. The lowest BCUT2D eigenvalue weighted by atomic mass is 10.1. The highest BCUT2D eigenvalue weighted by Gasteiger charge is 2.06. The van der Waals surface area contributed by atoms with E-state index in [9.17, 15) is 9.18 Å². The van der Waals surface area contributed by atoms with Gasteiger partial charge >= 0.3 is 0 Å². The van der Waals surface area contributed by atoms with Gasteiger partial charge in [0.15, 0.2) is 6.29 Å². The highest BCUT2D eigenvalue weighted by atomic mass is 19.1. The minimum Gasteiger partial charge on any atom is -0.299 e. The quantitative estimate of drug-likeness (QED) is 0.567. The molecule has 0 amide bonds. The molecular weight excluding hydrogens is 131 g/mol. The van der Waals surface area contributed by atoms with E-state index >= 15 is 0 Å². The number of benzene rings is 1. The van der Waals surface area contributed by atoms with Crippen molar-refractivity contribution in [2.45, 2.75) is 0 Å². The lowest BCUT2D eigenvalue weighted by Crippen LogP contribution is -1.91. The predicted molar refractivity (Wildman–Crippen MR) is 36.0 cm³/mol. The zero-order valence-corrected chi connectivity index (χ0v) is 5.25. The zero-order valence-electron chi connectivity index (χ0n) is 5.25. The van der Waals surface area contributed by atoms with Crippen LogP contribution in [0.3, 0.4) is 0 Å². The van der Waals surface area contributed by atoms with Gasteiger partial charge in [0.05, 0.1) is 0 Å². The smallest absolute Gasteiger partial charge is 0.235 e. The van der Waals surface area contributed by atoms with E-state index in [1.165, 1.54) is 0 Å². The van der Waals surface area contributed by atoms with E-state index in [-0.39, 0.29) is 6.29 Å². The molecule has 2 heteroatoms. The molecule has 0 aliphatic heterocycles. The molecule has 1 aromatic rings. The largest absolute Gasteiger partial charge is 0.299 e. The van der Waals surface area contributed by atoms with E-state index in [0.717, 1.165) is 0 Å². The van der Waals surface area contributed by atoms with Crippen LogP contribution in [0.5, 0.6) is 0 Å². The molecule has 0 aromatic heterocycles. The molecule has 51 valence electrons. The van der Waals surface area contributed by atoms with Crippen LogP contribution >= 0.6 is 0 Å². The Kier molecular flexibility index (Phi) is 2.15. The van der Waals surface area contributed by atoms with Crippen LogP contribution in [-0.4, -0.2) is 6.29 Å². The van der Waals surface area contributed by atoms with E-state index in [1.54, 1.807) is 30.3 Å². The number of hydrogen-bond donors (Lipinski definition) is 0. The maximum atomic E-state index is 12.4. The van der Waals surface area contributed by atoms with E-state index in [0.29, 0.717) is 5.56 Å². The van der Waals surface area contributed by atoms with Gasteiger partial charge in [-0.15, -0.1) is 0 Å². The summed E-state index contributed by atoms with van der Waals surface area (Å²) in [6.07, 6.45) is -0.518. The average Bonchev–Trinajstić information content (AvgIpc) is 2.05. The normalized spacial score (nSPS) is 9.80. The van der Waals surface area contributed by atoms with Crippen LogP contribution in [0, 0.1) is 6.17 Å². The van der Waals surface area contributed by atoms with Gasteiger partial charge in [0, 0.05) is 5.56 Å². The molecular formula is C8H6FO. The molecule has 0 heterocycles. The second-order valence-electron chi connectivity index (χ2n) is 1.83. The van der Waals surface area contributed by atoms with Crippen LogP contribution in [0.4, 0.5) is 4.39 Å². The molecule has 0 fully saturated rings. The Labute approximate surface area is 58.5 Å². The summed E-state index contributed by atoms with van der Waals surface area (Å²) in [5.41, 5.74) is 0.331. The molecule has 1 aromatic carbocycles. The Morgan fingerprint density at radius 3 is 2.40 bits per heavy atom. The lowest BCUT2D eigenvalue weighted by Gasteiger charge is -1.95. The third-order valence-corrected chi connectivity index (χ3v) is 1.15. The first-order valence-corrected chi connectivity index (χ1v) is 2.87. The van der Waals surface area contributed by atoms with Crippen molar-refractivity contribution in [3.05, 3.63) is 42.1 Å². The fraction of sp³-hybridized carbons (Fsp3) is 0. The summed E-state index contributed by atoms with van der Waals surface area (Å²) in [6, 6.07) is 8.21. The van der Waals surface area contributed by atoms with Crippen molar-refractivity contribution in [3.63, 3.8) is 0 Å². The van der Waals surface area contributed by atoms with Crippen molar-refractivity contribution >= 4 is 6.29 Å². The van der Waals surface area contributed by atoms with Gasteiger partial charge < -0.3 is 0 Å². The van der Waals surface area contributed by atoms with E-state index in [4.69, 9.17) is 0 Å². The molecule has 0 aliphatic rings. The minimum atomic E-state index is -0.722. The second kappa shape index (κ2) is 3.11. The molecule has 0 saturated heterocycles. The first kappa shape index (κ1) is 6.93. The topological polar surface area (TPSA) is 17.1 Å². The summed E-state index contributed by atoms with van der Waals surface area (Å²) in [7, 11) is 0. The van der Waals surface area contributed by atoms with Crippen LogP contribution in [-0.2, 0) is 4.79 Å². The van der Waals surface area contributed by atoms with Gasteiger partial charge in [-0.1, -0.05) is 30.3 Å². The molecule has 1 rings (SSSR count). The van der Waals surface area contributed by atoms with Crippen LogP contribution in [0.25, 0.3) is 0 Å². The van der Waals surface area contributed by atoms with E-state index in [1.807, 2.05) is 0 Å². The van der Waals surface area contributed by atoms with Gasteiger partial charge in [-0.3, -0.25) is 4.79 Å². The third-order valence-electron chi connectivity index (χ3n) is 1.15. The van der Waals surface area contributed by atoms with Crippen molar-refractivity contribution in [2.75, 3.05) is 0 Å².